The molecule has 7 nitrogen and oxygen atoms in total. The van der Waals surface area contributed by atoms with Gasteiger partial charge in [0.05, 0.1) is 13.7 Å². The Morgan fingerprint density at radius 2 is 2.35 bits per heavy atom. The molecule has 3 rings (SSSR count). The Labute approximate surface area is 96.6 Å². The van der Waals surface area contributed by atoms with Crippen LogP contribution in [-0.2, 0) is 9.47 Å². The van der Waals surface area contributed by atoms with Crippen molar-refractivity contribution in [2.45, 2.75) is 24.5 Å². The summed E-state index contributed by atoms with van der Waals surface area (Å²) in [6.07, 6.45) is 0.401. The van der Waals surface area contributed by atoms with Crippen LogP contribution in [0.25, 0.3) is 0 Å². The number of aliphatic hydroxyl groups is 1. The molecule has 0 saturated carbocycles. The molecular weight excluding hydrogens is 228 g/mol. The Morgan fingerprint density at radius 1 is 1.53 bits per heavy atom. The quantitative estimate of drug-likeness (QED) is 0.675. The van der Waals surface area contributed by atoms with Gasteiger partial charge in [-0.3, -0.25) is 4.57 Å². The first-order valence-corrected chi connectivity index (χ1v) is 5.29. The highest BCUT2D eigenvalue weighted by atomic mass is 16.7. The van der Waals surface area contributed by atoms with Gasteiger partial charge in [0.1, 0.15) is 18.3 Å². The third kappa shape index (κ3) is 1.63. The molecule has 4 atom stereocenters. The fraction of sp³-hybridized carbons (Fsp3) is 0.600. The van der Waals surface area contributed by atoms with E-state index in [4.69, 9.17) is 19.3 Å². The summed E-state index contributed by atoms with van der Waals surface area (Å²) >= 11 is 0. The molecular formula is C10H12N2O5. The Kier molecular flexibility index (Phi) is 2.39. The first kappa shape index (κ1) is 10.7. The zero-order valence-electron chi connectivity index (χ0n) is 9.15. The van der Waals surface area contributed by atoms with Crippen LogP contribution >= 0.6 is 0 Å². The van der Waals surface area contributed by atoms with Gasteiger partial charge in [0.25, 0.3) is 0 Å². The van der Waals surface area contributed by atoms with Crippen molar-refractivity contribution in [3.63, 3.8) is 0 Å². The van der Waals surface area contributed by atoms with Crippen LogP contribution in [0.15, 0.2) is 17.1 Å². The number of nitrogens with zero attached hydrogens (tertiary/aromatic N) is 2. The molecule has 0 radical (unpaired) electrons. The molecule has 1 aromatic rings. The molecule has 0 aliphatic carbocycles. The average Bonchev–Trinajstić information content (AvgIpc) is 3.05. The van der Waals surface area contributed by atoms with E-state index in [0.29, 0.717) is 0 Å². The van der Waals surface area contributed by atoms with Crippen molar-refractivity contribution >= 4 is 0 Å². The van der Waals surface area contributed by atoms with Gasteiger partial charge in [-0.15, -0.1) is 0 Å². The smallest absolute Gasteiger partial charge is 0.353 e. The number of ether oxygens (including phenoxy) is 3. The van der Waals surface area contributed by atoms with Crippen LogP contribution in [0.1, 0.15) is 6.23 Å². The number of methoxy groups -OCH3 is 1. The van der Waals surface area contributed by atoms with Gasteiger partial charge in [0.2, 0.25) is 5.88 Å². The summed E-state index contributed by atoms with van der Waals surface area (Å²) in [6, 6.07) is 1.58. The van der Waals surface area contributed by atoms with Crippen molar-refractivity contribution in [3.05, 3.63) is 22.7 Å². The van der Waals surface area contributed by atoms with E-state index in [0.717, 1.165) is 0 Å². The number of epoxide rings is 1. The predicted molar refractivity (Wildman–Crippen MR) is 54.7 cm³/mol. The van der Waals surface area contributed by atoms with Crippen LogP contribution in [0.5, 0.6) is 5.88 Å². The lowest BCUT2D eigenvalue weighted by molar-refractivity contribution is -0.0856. The van der Waals surface area contributed by atoms with Crippen LogP contribution in [0.2, 0.25) is 0 Å². The van der Waals surface area contributed by atoms with Crippen molar-refractivity contribution in [1.82, 2.24) is 9.55 Å². The normalized spacial score (nSPS) is 34.5. The molecule has 0 amide bonds. The standard InChI is InChI=1S/C10H12N2O5/c1-15-6-2-3-12(10(14)11-6)9-8-7(17-8)5(4-13)16-9/h2-3,5,7-9,13H,4H2,1H3/t5-,7?,8?,9-/m1/s1. The van der Waals surface area contributed by atoms with E-state index >= 15 is 0 Å². The molecule has 1 aromatic heterocycles. The van der Waals surface area contributed by atoms with Gasteiger partial charge in [0.15, 0.2) is 6.23 Å². The zero-order chi connectivity index (χ0) is 12.0. The van der Waals surface area contributed by atoms with Gasteiger partial charge in [-0.05, 0) is 0 Å². The summed E-state index contributed by atoms with van der Waals surface area (Å²) in [7, 11) is 1.44. The highest BCUT2D eigenvalue weighted by molar-refractivity contribution is 5.08. The molecule has 1 N–H and O–H groups in total. The minimum absolute atomic E-state index is 0.112. The molecule has 92 valence electrons. The van der Waals surface area contributed by atoms with Crippen molar-refractivity contribution in [3.8, 4) is 5.88 Å². The maximum Gasteiger partial charge on any atom is 0.353 e. The van der Waals surface area contributed by atoms with Gasteiger partial charge in [-0.25, -0.2) is 4.79 Å². The SMILES string of the molecule is COc1ccn([C@@H]2O[C@H](CO)C3OC32)c(=O)n1. The molecule has 2 aliphatic heterocycles. The third-order valence-electron chi connectivity index (χ3n) is 2.99. The van der Waals surface area contributed by atoms with E-state index in [2.05, 4.69) is 4.98 Å². The van der Waals surface area contributed by atoms with E-state index in [-0.39, 0.29) is 30.8 Å². The van der Waals surface area contributed by atoms with Gasteiger partial charge < -0.3 is 19.3 Å². The van der Waals surface area contributed by atoms with Gasteiger partial charge in [-0.2, -0.15) is 4.98 Å². The summed E-state index contributed by atoms with van der Waals surface area (Å²) in [5.41, 5.74) is -0.456. The van der Waals surface area contributed by atoms with Crippen LogP contribution in [0.4, 0.5) is 0 Å². The zero-order valence-corrected chi connectivity index (χ0v) is 9.15. The minimum atomic E-state index is -0.511. The maximum absolute atomic E-state index is 11.7. The summed E-state index contributed by atoms with van der Waals surface area (Å²) in [5, 5.41) is 9.05. The Hall–Kier alpha value is -1.44. The fourth-order valence-corrected chi connectivity index (χ4v) is 2.07. The third-order valence-corrected chi connectivity index (χ3v) is 2.99. The monoisotopic (exact) mass is 240 g/mol. The first-order valence-electron chi connectivity index (χ1n) is 5.29. The lowest BCUT2D eigenvalue weighted by Crippen LogP contribution is -2.30. The van der Waals surface area contributed by atoms with Gasteiger partial charge >= 0.3 is 5.69 Å². The second-order valence-corrected chi connectivity index (χ2v) is 3.97. The van der Waals surface area contributed by atoms with E-state index in [1.165, 1.54) is 11.7 Å². The van der Waals surface area contributed by atoms with Crippen molar-refractivity contribution in [2.24, 2.45) is 0 Å². The number of rotatable bonds is 3. The van der Waals surface area contributed by atoms with Crippen LogP contribution in [0, 0.1) is 0 Å². The topological polar surface area (TPSA) is 86.1 Å². The Morgan fingerprint density at radius 3 is 2.94 bits per heavy atom. The number of aliphatic hydroxyl groups excluding tert-OH is 1. The van der Waals surface area contributed by atoms with E-state index in [1.54, 1.807) is 12.3 Å². The maximum atomic E-state index is 11.7. The largest absolute Gasteiger partial charge is 0.481 e. The molecule has 0 aromatic carbocycles. The molecule has 17 heavy (non-hydrogen) atoms. The lowest BCUT2D eigenvalue weighted by Gasteiger charge is -2.17. The van der Waals surface area contributed by atoms with Gasteiger partial charge in [-0.1, -0.05) is 0 Å². The van der Waals surface area contributed by atoms with Crippen molar-refractivity contribution < 1.29 is 19.3 Å². The second-order valence-electron chi connectivity index (χ2n) is 3.97. The average molecular weight is 240 g/mol. The molecule has 0 spiro atoms. The summed E-state index contributed by atoms with van der Waals surface area (Å²) < 4.78 is 17.1. The summed E-state index contributed by atoms with van der Waals surface area (Å²) in [5.74, 6) is 0.260. The number of hydrogen-bond donors (Lipinski definition) is 1. The van der Waals surface area contributed by atoms with E-state index in [9.17, 15) is 4.79 Å². The lowest BCUT2D eigenvalue weighted by atomic mass is 10.2. The number of aromatic nitrogens is 2. The molecule has 2 unspecified atom stereocenters. The molecule has 2 saturated heterocycles. The number of fused-ring (bicyclic) bond motifs is 1. The molecule has 7 heteroatoms. The minimum Gasteiger partial charge on any atom is -0.481 e. The molecule has 3 heterocycles. The summed E-state index contributed by atoms with van der Waals surface area (Å²) in [6.45, 7) is -0.115. The molecule has 0 bridgehead atoms. The second kappa shape index (κ2) is 3.80. The number of hydrogen-bond acceptors (Lipinski definition) is 6. The Bertz CT molecular complexity index is 488. The Balaban J connectivity index is 1.88. The highest BCUT2D eigenvalue weighted by Gasteiger charge is 2.58. The predicted octanol–water partition coefficient (Wildman–Crippen LogP) is -1.09. The first-order chi connectivity index (χ1) is 8.24. The van der Waals surface area contributed by atoms with Crippen LogP contribution in [0.3, 0.4) is 0 Å². The van der Waals surface area contributed by atoms with Crippen LogP contribution < -0.4 is 10.4 Å². The van der Waals surface area contributed by atoms with E-state index < -0.39 is 11.9 Å². The van der Waals surface area contributed by atoms with Crippen LogP contribution in [-0.4, -0.2) is 46.7 Å². The van der Waals surface area contributed by atoms with E-state index in [1.807, 2.05) is 0 Å². The van der Waals surface area contributed by atoms with Gasteiger partial charge in [0, 0.05) is 12.3 Å². The highest BCUT2D eigenvalue weighted by Crippen LogP contribution is 2.44. The fourth-order valence-electron chi connectivity index (χ4n) is 2.07. The summed E-state index contributed by atoms with van der Waals surface area (Å²) in [4.78, 5) is 15.4. The molecule has 2 fully saturated rings. The molecule has 2 aliphatic rings. The van der Waals surface area contributed by atoms with Crippen molar-refractivity contribution in [2.75, 3.05) is 13.7 Å². The van der Waals surface area contributed by atoms with Crippen molar-refractivity contribution in [1.29, 1.82) is 0 Å².